The van der Waals surface area contributed by atoms with E-state index in [9.17, 15) is 22.0 Å². The first-order chi connectivity index (χ1) is 12.3. The lowest BCUT2D eigenvalue weighted by Gasteiger charge is -2.25. The van der Waals surface area contributed by atoms with E-state index < -0.39 is 31.8 Å². The van der Waals surface area contributed by atoms with E-state index in [0.717, 1.165) is 11.6 Å². The molecule has 1 saturated heterocycles. The Balaban J connectivity index is 2.02. The van der Waals surface area contributed by atoms with Gasteiger partial charge in [0.2, 0.25) is 9.84 Å². The minimum atomic E-state index is -4.89. The molecule has 1 aliphatic rings. The molecule has 4 nitrogen and oxygen atoms in total. The predicted octanol–water partition coefficient (Wildman–Crippen LogP) is 4.22. The summed E-state index contributed by atoms with van der Waals surface area (Å²) in [5.41, 5.74) is 0.464. The number of hydrogen-bond acceptors (Lipinski definition) is 4. The second-order valence-corrected chi connectivity index (χ2v) is 9.03. The van der Waals surface area contributed by atoms with E-state index in [1.54, 1.807) is 24.3 Å². The molecule has 0 bridgehead atoms. The van der Waals surface area contributed by atoms with Crippen LogP contribution in [0.4, 0.5) is 8.78 Å². The Morgan fingerprint density at radius 2 is 1.81 bits per heavy atom. The third kappa shape index (κ3) is 3.45. The normalized spacial score (nSPS) is 17.7. The summed E-state index contributed by atoms with van der Waals surface area (Å²) in [4.78, 5) is 13.8. The van der Waals surface area contributed by atoms with E-state index in [1.807, 2.05) is 0 Å². The van der Waals surface area contributed by atoms with Gasteiger partial charge in [-0.3, -0.25) is 4.79 Å². The van der Waals surface area contributed by atoms with Gasteiger partial charge < -0.3 is 4.90 Å². The fraction of sp³-hybridized carbons (Fsp3) is 0.235. The molecule has 0 spiro atoms. The Morgan fingerprint density at radius 3 is 2.50 bits per heavy atom. The largest absolute Gasteiger partial charge is 0.341 e. The summed E-state index contributed by atoms with van der Waals surface area (Å²) in [6.07, 6.45) is 0. The molecular weight excluding hydrogens is 404 g/mol. The molecule has 138 valence electrons. The van der Waals surface area contributed by atoms with Gasteiger partial charge in [-0.05, 0) is 18.2 Å². The summed E-state index contributed by atoms with van der Waals surface area (Å²) in [5.74, 6) is -3.57. The summed E-state index contributed by atoms with van der Waals surface area (Å²) in [7, 11) is -4.89. The molecule has 3 rings (SSSR count). The number of benzene rings is 2. The smallest absolute Gasteiger partial charge is 0.322 e. The summed E-state index contributed by atoms with van der Waals surface area (Å²) >= 11 is 7.70. The van der Waals surface area contributed by atoms with Gasteiger partial charge in [-0.25, -0.2) is 8.42 Å². The van der Waals surface area contributed by atoms with Crippen LogP contribution in [-0.4, -0.2) is 37.3 Å². The zero-order valence-corrected chi connectivity index (χ0v) is 15.7. The second kappa shape index (κ2) is 7.54. The van der Waals surface area contributed by atoms with Crippen molar-refractivity contribution >= 4 is 39.1 Å². The highest BCUT2D eigenvalue weighted by Gasteiger charge is 2.36. The molecule has 9 heteroatoms. The SMILES string of the molecule is O=C(c1ccccc1S(=O)(=O)C(F)F)N1CCSC1c1ccccc1Cl. The standard InChI is InChI=1S/C17H14ClF2NO3S2/c18-13-7-3-1-5-11(13)16-21(9-10-25-16)15(22)12-6-2-4-8-14(12)26(23,24)17(19)20/h1-8,16-17H,9-10H2. The van der Waals surface area contributed by atoms with Gasteiger partial charge in [-0.2, -0.15) is 8.78 Å². The average Bonchev–Trinajstić information content (AvgIpc) is 3.10. The molecule has 1 aliphatic heterocycles. The van der Waals surface area contributed by atoms with Crippen LogP contribution in [0.3, 0.4) is 0 Å². The molecule has 1 fully saturated rings. The van der Waals surface area contributed by atoms with Gasteiger partial charge in [0.05, 0.1) is 10.5 Å². The topological polar surface area (TPSA) is 54.5 Å². The second-order valence-electron chi connectivity index (χ2n) is 5.55. The lowest BCUT2D eigenvalue weighted by atomic mass is 10.1. The van der Waals surface area contributed by atoms with Crippen LogP contribution in [-0.2, 0) is 9.84 Å². The number of amides is 1. The van der Waals surface area contributed by atoms with Crippen LogP contribution in [0.1, 0.15) is 21.3 Å². The molecule has 1 unspecified atom stereocenters. The Kier molecular flexibility index (Phi) is 5.55. The Hall–Kier alpha value is -1.64. The van der Waals surface area contributed by atoms with Crippen LogP contribution in [0.2, 0.25) is 5.02 Å². The lowest BCUT2D eigenvalue weighted by molar-refractivity contribution is 0.0756. The van der Waals surface area contributed by atoms with Crippen molar-refractivity contribution in [3.8, 4) is 0 Å². The number of carbonyl (C=O) groups excluding carboxylic acids is 1. The molecule has 0 radical (unpaired) electrons. The first-order valence-electron chi connectivity index (χ1n) is 7.62. The van der Waals surface area contributed by atoms with E-state index in [4.69, 9.17) is 11.6 Å². The van der Waals surface area contributed by atoms with Crippen LogP contribution in [0.5, 0.6) is 0 Å². The van der Waals surface area contributed by atoms with Gasteiger partial charge in [-0.15, -0.1) is 11.8 Å². The van der Waals surface area contributed by atoms with Crippen molar-refractivity contribution < 1.29 is 22.0 Å². The van der Waals surface area contributed by atoms with Gasteiger partial charge in [0, 0.05) is 22.9 Å². The highest BCUT2D eigenvalue weighted by atomic mass is 35.5. The number of nitrogens with zero attached hydrogens (tertiary/aromatic N) is 1. The lowest BCUT2D eigenvalue weighted by Crippen LogP contribution is -2.32. The molecule has 1 heterocycles. The van der Waals surface area contributed by atoms with Crippen molar-refractivity contribution in [2.45, 2.75) is 16.0 Å². The quantitative estimate of drug-likeness (QED) is 0.747. The molecule has 0 aromatic heterocycles. The number of carbonyl (C=O) groups is 1. The Bertz CT molecular complexity index is 937. The van der Waals surface area contributed by atoms with Gasteiger partial charge in [0.25, 0.3) is 5.91 Å². The van der Waals surface area contributed by atoms with Crippen molar-refractivity contribution in [2.24, 2.45) is 0 Å². The molecule has 0 aliphatic carbocycles. The first-order valence-corrected chi connectivity index (χ1v) is 10.6. The fourth-order valence-corrected chi connectivity index (χ4v) is 5.27. The maximum atomic E-state index is 13.0. The van der Waals surface area contributed by atoms with Crippen molar-refractivity contribution in [1.29, 1.82) is 0 Å². The van der Waals surface area contributed by atoms with Gasteiger partial charge in [-0.1, -0.05) is 41.9 Å². The minimum absolute atomic E-state index is 0.257. The number of thioether (sulfide) groups is 1. The molecule has 1 atom stereocenters. The molecule has 0 N–H and O–H groups in total. The van der Waals surface area contributed by atoms with E-state index in [0.29, 0.717) is 17.3 Å². The zero-order chi connectivity index (χ0) is 18.9. The maximum Gasteiger partial charge on any atom is 0.341 e. The van der Waals surface area contributed by atoms with Crippen molar-refractivity contribution in [3.63, 3.8) is 0 Å². The Morgan fingerprint density at radius 1 is 1.15 bits per heavy atom. The highest BCUT2D eigenvalue weighted by molar-refractivity contribution is 7.99. The van der Waals surface area contributed by atoms with Crippen LogP contribution in [0.25, 0.3) is 0 Å². The zero-order valence-electron chi connectivity index (χ0n) is 13.3. The van der Waals surface area contributed by atoms with E-state index in [1.165, 1.54) is 34.9 Å². The van der Waals surface area contributed by atoms with E-state index in [2.05, 4.69) is 0 Å². The van der Waals surface area contributed by atoms with Gasteiger partial charge in [0.1, 0.15) is 5.37 Å². The average molecular weight is 418 g/mol. The minimum Gasteiger partial charge on any atom is -0.322 e. The van der Waals surface area contributed by atoms with Crippen molar-refractivity contribution in [3.05, 3.63) is 64.7 Å². The number of rotatable bonds is 4. The molecule has 26 heavy (non-hydrogen) atoms. The Labute approximate surface area is 159 Å². The third-order valence-electron chi connectivity index (χ3n) is 3.98. The molecule has 1 amide bonds. The molecule has 2 aromatic carbocycles. The molecule has 2 aromatic rings. The van der Waals surface area contributed by atoms with Gasteiger partial charge >= 0.3 is 5.76 Å². The summed E-state index contributed by atoms with van der Waals surface area (Å²) < 4.78 is 49.8. The monoisotopic (exact) mass is 417 g/mol. The number of alkyl halides is 2. The first kappa shape index (κ1) is 19.1. The number of sulfone groups is 1. The van der Waals surface area contributed by atoms with Crippen molar-refractivity contribution in [1.82, 2.24) is 4.90 Å². The summed E-state index contributed by atoms with van der Waals surface area (Å²) in [6, 6.07) is 12.1. The number of hydrogen-bond donors (Lipinski definition) is 0. The van der Waals surface area contributed by atoms with Crippen LogP contribution in [0.15, 0.2) is 53.4 Å². The maximum absolute atomic E-state index is 13.0. The van der Waals surface area contributed by atoms with Crippen LogP contribution >= 0.6 is 23.4 Å². The van der Waals surface area contributed by atoms with E-state index >= 15 is 0 Å². The van der Waals surface area contributed by atoms with Crippen LogP contribution < -0.4 is 0 Å². The number of halogens is 3. The predicted molar refractivity (Wildman–Crippen MR) is 97.3 cm³/mol. The highest BCUT2D eigenvalue weighted by Crippen LogP contribution is 2.42. The summed E-state index contributed by atoms with van der Waals surface area (Å²) in [5, 5.41) is 0.0803. The fourth-order valence-electron chi connectivity index (χ4n) is 2.75. The van der Waals surface area contributed by atoms with Gasteiger partial charge in [0.15, 0.2) is 0 Å². The molecule has 0 saturated carbocycles. The van der Waals surface area contributed by atoms with E-state index in [-0.39, 0.29) is 5.56 Å². The summed E-state index contributed by atoms with van der Waals surface area (Å²) in [6.45, 7) is 0.364. The van der Waals surface area contributed by atoms with Crippen molar-refractivity contribution in [2.75, 3.05) is 12.3 Å². The third-order valence-corrected chi connectivity index (χ3v) is 7.01. The van der Waals surface area contributed by atoms with Crippen LogP contribution in [0, 0.1) is 0 Å². The molecular formula is C17H14ClF2NO3S2.